The molecule has 0 radical (unpaired) electrons. The summed E-state index contributed by atoms with van der Waals surface area (Å²) >= 11 is 1.63. The molecule has 0 aliphatic carbocycles. The number of carbonyl (C=O) groups excluding carboxylic acids is 1. The van der Waals surface area contributed by atoms with Gasteiger partial charge in [-0.25, -0.2) is 0 Å². The van der Waals surface area contributed by atoms with E-state index < -0.39 is 0 Å². The number of hydrogen-bond acceptors (Lipinski definition) is 4. The second kappa shape index (κ2) is 5.27. The van der Waals surface area contributed by atoms with E-state index in [0.717, 1.165) is 16.3 Å². The fourth-order valence-electron chi connectivity index (χ4n) is 2.67. The van der Waals surface area contributed by atoms with Gasteiger partial charge in [0.15, 0.2) is 0 Å². The van der Waals surface area contributed by atoms with E-state index in [1.54, 1.807) is 28.6 Å². The van der Waals surface area contributed by atoms with Crippen LogP contribution in [-0.4, -0.2) is 10.9 Å². The number of thiophene rings is 1. The molecule has 4 nitrogen and oxygen atoms in total. The molecule has 108 valence electrons. The minimum absolute atomic E-state index is 0.000972. The van der Waals surface area contributed by atoms with E-state index >= 15 is 0 Å². The molecule has 5 heteroatoms. The molecule has 0 fully saturated rings. The fraction of sp³-hybridized carbons (Fsp3) is 0.0588. The first kappa shape index (κ1) is 13.0. The van der Waals surface area contributed by atoms with E-state index in [1.165, 1.54) is 0 Å². The lowest BCUT2D eigenvalue weighted by molar-refractivity contribution is 0.0975. The van der Waals surface area contributed by atoms with Gasteiger partial charge in [-0.05, 0) is 35.7 Å². The van der Waals surface area contributed by atoms with Gasteiger partial charge in [-0.1, -0.05) is 18.2 Å². The molecule has 1 amide bonds. The molecule has 4 rings (SSSR count). The SMILES string of the molecule is O=C1c2ccccc2N[C@@H](c2cccs2)N1c1ccncc1. The van der Waals surface area contributed by atoms with Crippen LogP contribution in [0.1, 0.15) is 21.4 Å². The maximum absolute atomic E-state index is 13.0. The van der Waals surface area contributed by atoms with Crippen molar-refractivity contribution < 1.29 is 4.79 Å². The van der Waals surface area contributed by atoms with Gasteiger partial charge < -0.3 is 5.32 Å². The van der Waals surface area contributed by atoms with E-state index in [0.29, 0.717) is 5.56 Å². The number of aromatic nitrogens is 1. The first-order valence-electron chi connectivity index (χ1n) is 6.97. The molecule has 0 spiro atoms. The van der Waals surface area contributed by atoms with Crippen molar-refractivity contribution in [1.82, 2.24) is 4.98 Å². The van der Waals surface area contributed by atoms with Gasteiger partial charge in [0.25, 0.3) is 5.91 Å². The van der Waals surface area contributed by atoms with Crippen molar-refractivity contribution in [3.05, 3.63) is 76.7 Å². The van der Waals surface area contributed by atoms with Gasteiger partial charge >= 0.3 is 0 Å². The van der Waals surface area contributed by atoms with Crippen LogP contribution in [0.5, 0.6) is 0 Å². The zero-order valence-corrected chi connectivity index (χ0v) is 12.5. The van der Waals surface area contributed by atoms with Gasteiger partial charge in [0.2, 0.25) is 0 Å². The van der Waals surface area contributed by atoms with E-state index in [4.69, 9.17) is 0 Å². The minimum Gasteiger partial charge on any atom is -0.360 e. The summed E-state index contributed by atoms with van der Waals surface area (Å²) in [7, 11) is 0. The molecular formula is C17H13N3OS. The number of para-hydroxylation sites is 1. The Bertz CT molecular complexity index is 802. The van der Waals surface area contributed by atoms with Crippen LogP contribution in [0.3, 0.4) is 0 Å². The van der Waals surface area contributed by atoms with Gasteiger partial charge in [0.05, 0.1) is 5.56 Å². The molecule has 22 heavy (non-hydrogen) atoms. The number of amides is 1. The summed E-state index contributed by atoms with van der Waals surface area (Å²) in [5.41, 5.74) is 2.39. The van der Waals surface area contributed by atoms with Gasteiger partial charge in [-0.2, -0.15) is 0 Å². The Kier molecular flexibility index (Phi) is 3.12. The molecule has 2 aromatic heterocycles. The maximum atomic E-state index is 13.0. The van der Waals surface area contributed by atoms with Gasteiger partial charge in [-0.15, -0.1) is 11.3 Å². The Labute approximate surface area is 132 Å². The van der Waals surface area contributed by atoms with Crippen molar-refractivity contribution in [3.63, 3.8) is 0 Å². The largest absolute Gasteiger partial charge is 0.360 e. The standard InChI is InChI=1S/C17H13N3OS/c21-17-13-4-1-2-5-14(13)19-16(15-6-3-11-22-15)20(17)12-7-9-18-10-8-12/h1-11,16,19H/t16-/m1/s1. The number of carbonyl (C=O) groups is 1. The molecule has 3 aromatic rings. The predicted octanol–water partition coefficient (Wildman–Crippen LogP) is 3.91. The van der Waals surface area contributed by atoms with Gasteiger partial charge in [0.1, 0.15) is 6.17 Å². The van der Waals surface area contributed by atoms with Crippen LogP contribution in [-0.2, 0) is 0 Å². The first-order chi connectivity index (χ1) is 10.8. The van der Waals surface area contributed by atoms with Gasteiger partial charge in [-0.3, -0.25) is 14.7 Å². The lowest BCUT2D eigenvalue weighted by atomic mass is 10.1. The Morgan fingerprint density at radius 3 is 2.64 bits per heavy atom. The summed E-state index contributed by atoms with van der Waals surface area (Å²) in [4.78, 5) is 19.9. The van der Waals surface area contributed by atoms with Crippen molar-refractivity contribution in [2.24, 2.45) is 0 Å². The quantitative estimate of drug-likeness (QED) is 0.780. The number of anilines is 2. The molecule has 0 bridgehead atoms. The monoisotopic (exact) mass is 307 g/mol. The first-order valence-corrected chi connectivity index (χ1v) is 7.85. The molecule has 0 unspecified atom stereocenters. The second-order valence-corrected chi connectivity index (χ2v) is 5.97. The molecule has 1 atom stereocenters. The lowest BCUT2D eigenvalue weighted by Gasteiger charge is -2.37. The number of benzene rings is 1. The summed E-state index contributed by atoms with van der Waals surface area (Å²) in [6.07, 6.45) is 3.20. The molecule has 0 saturated heterocycles. The summed E-state index contributed by atoms with van der Waals surface area (Å²) in [6, 6.07) is 15.4. The molecular weight excluding hydrogens is 294 g/mol. The molecule has 0 saturated carbocycles. The Hall–Kier alpha value is -2.66. The molecule has 3 heterocycles. The average Bonchev–Trinajstić information content (AvgIpc) is 3.10. The third-order valence-corrected chi connectivity index (χ3v) is 4.60. The summed E-state index contributed by atoms with van der Waals surface area (Å²) in [6.45, 7) is 0. The second-order valence-electron chi connectivity index (χ2n) is 4.99. The number of hydrogen-bond donors (Lipinski definition) is 1. The highest BCUT2D eigenvalue weighted by molar-refractivity contribution is 7.10. The Morgan fingerprint density at radius 1 is 1.05 bits per heavy atom. The maximum Gasteiger partial charge on any atom is 0.262 e. The highest BCUT2D eigenvalue weighted by Crippen LogP contribution is 2.37. The summed E-state index contributed by atoms with van der Waals surface area (Å²) in [5.74, 6) is -0.000972. The topological polar surface area (TPSA) is 45.2 Å². The van der Waals surface area contributed by atoms with Gasteiger partial charge in [0, 0.05) is 28.6 Å². The van der Waals surface area contributed by atoms with Crippen molar-refractivity contribution in [1.29, 1.82) is 0 Å². The molecule has 1 aromatic carbocycles. The number of nitrogens with one attached hydrogen (secondary N) is 1. The molecule has 1 aliphatic heterocycles. The van der Waals surface area contributed by atoms with Crippen LogP contribution in [0.4, 0.5) is 11.4 Å². The molecule has 1 aliphatic rings. The van der Waals surface area contributed by atoms with E-state index in [1.807, 2.05) is 53.9 Å². The van der Waals surface area contributed by atoms with Crippen LogP contribution in [0, 0.1) is 0 Å². The van der Waals surface area contributed by atoms with Crippen LogP contribution in [0.2, 0.25) is 0 Å². The smallest absolute Gasteiger partial charge is 0.262 e. The van der Waals surface area contributed by atoms with E-state index in [-0.39, 0.29) is 12.1 Å². The average molecular weight is 307 g/mol. The van der Waals surface area contributed by atoms with Crippen molar-refractivity contribution in [2.45, 2.75) is 6.17 Å². The Morgan fingerprint density at radius 2 is 1.86 bits per heavy atom. The predicted molar refractivity (Wildman–Crippen MR) is 88.2 cm³/mol. The Balaban J connectivity index is 1.87. The lowest BCUT2D eigenvalue weighted by Crippen LogP contribution is -2.42. The number of rotatable bonds is 2. The van der Waals surface area contributed by atoms with Crippen LogP contribution >= 0.6 is 11.3 Å². The summed E-state index contributed by atoms with van der Waals surface area (Å²) < 4.78 is 0. The number of nitrogens with zero attached hydrogens (tertiary/aromatic N) is 2. The molecule has 1 N–H and O–H groups in total. The van der Waals surface area contributed by atoms with Crippen LogP contribution in [0.25, 0.3) is 0 Å². The minimum atomic E-state index is -0.204. The zero-order chi connectivity index (χ0) is 14.9. The highest BCUT2D eigenvalue weighted by atomic mass is 32.1. The number of fused-ring (bicyclic) bond motifs is 1. The van der Waals surface area contributed by atoms with Crippen molar-refractivity contribution in [2.75, 3.05) is 10.2 Å². The van der Waals surface area contributed by atoms with Crippen LogP contribution < -0.4 is 10.2 Å². The normalized spacial score (nSPS) is 17.0. The third-order valence-electron chi connectivity index (χ3n) is 3.68. The van der Waals surface area contributed by atoms with Crippen molar-refractivity contribution in [3.8, 4) is 0 Å². The summed E-state index contributed by atoms with van der Waals surface area (Å²) in [5, 5.41) is 5.49. The number of pyridine rings is 1. The highest BCUT2D eigenvalue weighted by Gasteiger charge is 2.34. The van der Waals surface area contributed by atoms with E-state index in [2.05, 4.69) is 10.3 Å². The van der Waals surface area contributed by atoms with Crippen molar-refractivity contribution >= 4 is 28.6 Å². The third kappa shape index (κ3) is 2.07. The zero-order valence-electron chi connectivity index (χ0n) is 11.6. The fourth-order valence-corrected chi connectivity index (χ4v) is 3.44. The van der Waals surface area contributed by atoms with Crippen LogP contribution in [0.15, 0.2) is 66.3 Å². The van der Waals surface area contributed by atoms with E-state index in [9.17, 15) is 4.79 Å².